The summed E-state index contributed by atoms with van der Waals surface area (Å²) in [5, 5.41) is 3.23. The molecule has 1 saturated carbocycles. The Morgan fingerprint density at radius 3 is 2.67 bits per heavy atom. The Hall–Kier alpha value is -1.32. The van der Waals surface area contributed by atoms with E-state index in [1.165, 1.54) is 19.3 Å². The second-order valence-electron chi connectivity index (χ2n) is 4.77. The molecule has 4 heteroatoms. The van der Waals surface area contributed by atoms with Gasteiger partial charge < -0.3 is 10.1 Å². The number of nitrogens with one attached hydrogen (secondary N) is 1. The number of hydrogen-bond acceptors (Lipinski definition) is 4. The average Bonchev–Trinajstić information content (AvgIpc) is 2.40. The van der Waals surface area contributed by atoms with E-state index in [1.807, 2.05) is 6.07 Å². The highest BCUT2D eigenvalue weighted by atomic mass is 16.5. The molecular formula is C14H23N3O. The molecule has 0 spiro atoms. The lowest BCUT2D eigenvalue weighted by Crippen LogP contribution is -2.20. The SMILES string of the molecule is CCNc1cc(OC2CCCCC2)nc(CC)n1. The van der Waals surface area contributed by atoms with E-state index in [1.54, 1.807) is 0 Å². The quantitative estimate of drug-likeness (QED) is 0.870. The summed E-state index contributed by atoms with van der Waals surface area (Å²) in [5.74, 6) is 2.44. The van der Waals surface area contributed by atoms with E-state index in [4.69, 9.17) is 4.74 Å². The van der Waals surface area contributed by atoms with Crippen molar-refractivity contribution in [3.05, 3.63) is 11.9 Å². The van der Waals surface area contributed by atoms with Crippen molar-refractivity contribution < 1.29 is 4.74 Å². The monoisotopic (exact) mass is 249 g/mol. The molecule has 1 aromatic heterocycles. The normalized spacial score (nSPS) is 16.6. The summed E-state index contributed by atoms with van der Waals surface area (Å²) in [5.41, 5.74) is 0. The lowest BCUT2D eigenvalue weighted by atomic mass is 9.98. The minimum absolute atomic E-state index is 0.341. The van der Waals surface area contributed by atoms with Crippen LogP contribution in [0.2, 0.25) is 0 Å². The summed E-state index contributed by atoms with van der Waals surface area (Å²) in [4.78, 5) is 8.89. The third-order valence-corrected chi connectivity index (χ3v) is 3.26. The summed E-state index contributed by atoms with van der Waals surface area (Å²) in [6.45, 7) is 4.99. The first kappa shape index (κ1) is 13.1. The highest BCUT2D eigenvalue weighted by Gasteiger charge is 2.16. The maximum Gasteiger partial charge on any atom is 0.218 e. The second-order valence-corrected chi connectivity index (χ2v) is 4.77. The van der Waals surface area contributed by atoms with E-state index in [2.05, 4.69) is 29.1 Å². The largest absolute Gasteiger partial charge is 0.474 e. The molecule has 2 rings (SSSR count). The lowest BCUT2D eigenvalue weighted by molar-refractivity contribution is 0.148. The fourth-order valence-electron chi connectivity index (χ4n) is 2.32. The molecule has 0 aliphatic heterocycles. The van der Waals surface area contributed by atoms with Crippen molar-refractivity contribution in [2.45, 2.75) is 58.5 Å². The van der Waals surface area contributed by atoms with E-state index in [0.29, 0.717) is 6.10 Å². The first-order valence-electron chi connectivity index (χ1n) is 7.10. The van der Waals surface area contributed by atoms with Crippen molar-refractivity contribution in [2.75, 3.05) is 11.9 Å². The number of nitrogens with zero attached hydrogens (tertiary/aromatic N) is 2. The molecule has 0 amide bonds. The predicted molar refractivity (Wildman–Crippen MR) is 73.1 cm³/mol. The topological polar surface area (TPSA) is 47.0 Å². The van der Waals surface area contributed by atoms with Crippen LogP contribution < -0.4 is 10.1 Å². The van der Waals surface area contributed by atoms with Crippen LogP contribution in [0.25, 0.3) is 0 Å². The Balaban J connectivity index is 2.07. The van der Waals surface area contributed by atoms with E-state index in [9.17, 15) is 0 Å². The van der Waals surface area contributed by atoms with Crippen molar-refractivity contribution in [1.82, 2.24) is 9.97 Å². The third-order valence-electron chi connectivity index (χ3n) is 3.26. The van der Waals surface area contributed by atoms with Crippen molar-refractivity contribution in [1.29, 1.82) is 0 Å². The van der Waals surface area contributed by atoms with Crippen LogP contribution in [0.5, 0.6) is 5.88 Å². The average molecular weight is 249 g/mol. The molecule has 0 bridgehead atoms. The second kappa shape index (κ2) is 6.57. The van der Waals surface area contributed by atoms with Crippen LogP contribution in [0, 0.1) is 0 Å². The molecule has 0 radical (unpaired) electrons. The first-order valence-corrected chi connectivity index (χ1v) is 7.10. The van der Waals surface area contributed by atoms with Crippen LogP contribution in [-0.4, -0.2) is 22.6 Å². The number of hydrogen-bond donors (Lipinski definition) is 1. The van der Waals surface area contributed by atoms with Gasteiger partial charge in [-0.15, -0.1) is 0 Å². The smallest absolute Gasteiger partial charge is 0.218 e. The lowest BCUT2D eigenvalue weighted by Gasteiger charge is -2.22. The fourth-order valence-corrected chi connectivity index (χ4v) is 2.32. The number of rotatable bonds is 5. The summed E-state index contributed by atoms with van der Waals surface area (Å²) < 4.78 is 5.99. The molecular weight excluding hydrogens is 226 g/mol. The summed E-state index contributed by atoms with van der Waals surface area (Å²) >= 11 is 0. The molecule has 0 aromatic carbocycles. The van der Waals surface area contributed by atoms with Crippen LogP contribution in [-0.2, 0) is 6.42 Å². The zero-order valence-corrected chi connectivity index (χ0v) is 11.4. The predicted octanol–water partition coefficient (Wildman–Crippen LogP) is 3.18. The molecule has 0 unspecified atom stereocenters. The molecule has 1 aliphatic rings. The fraction of sp³-hybridized carbons (Fsp3) is 0.714. The van der Waals surface area contributed by atoms with Gasteiger partial charge in [-0.3, -0.25) is 0 Å². The Bertz CT molecular complexity index is 375. The summed E-state index contributed by atoms with van der Waals surface area (Å²) in [6.07, 6.45) is 7.37. The van der Waals surface area contributed by atoms with E-state index >= 15 is 0 Å². The van der Waals surface area contributed by atoms with Gasteiger partial charge in [0.2, 0.25) is 5.88 Å². The molecule has 0 saturated heterocycles. The van der Waals surface area contributed by atoms with Crippen molar-refractivity contribution in [3.63, 3.8) is 0 Å². The van der Waals surface area contributed by atoms with Gasteiger partial charge in [0.05, 0.1) is 0 Å². The van der Waals surface area contributed by atoms with Gasteiger partial charge in [-0.1, -0.05) is 13.3 Å². The Morgan fingerprint density at radius 2 is 2.00 bits per heavy atom. The van der Waals surface area contributed by atoms with Crippen molar-refractivity contribution in [3.8, 4) is 5.88 Å². The van der Waals surface area contributed by atoms with Gasteiger partial charge in [-0.2, -0.15) is 4.98 Å². The zero-order valence-electron chi connectivity index (χ0n) is 11.4. The Kier molecular flexibility index (Phi) is 4.79. The Morgan fingerprint density at radius 1 is 1.22 bits per heavy atom. The minimum atomic E-state index is 0.341. The maximum atomic E-state index is 5.99. The molecule has 1 heterocycles. The molecule has 4 nitrogen and oxygen atoms in total. The van der Waals surface area contributed by atoms with Gasteiger partial charge in [0.15, 0.2) is 0 Å². The molecule has 18 heavy (non-hydrogen) atoms. The third kappa shape index (κ3) is 3.59. The van der Waals surface area contributed by atoms with E-state index in [0.717, 1.165) is 43.3 Å². The number of aryl methyl sites for hydroxylation is 1. The zero-order chi connectivity index (χ0) is 12.8. The van der Waals surface area contributed by atoms with Crippen molar-refractivity contribution in [2.24, 2.45) is 0 Å². The van der Waals surface area contributed by atoms with Crippen LogP contribution in [0.3, 0.4) is 0 Å². The standard InChI is InChI=1S/C14H23N3O/c1-3-12-16-13(15-4-2)10-14(17-12)18-11-8-6-5-7-9-11/h10-11H,3-9H2,1-2H3,(H,15,16,17). The minimum Gasteiger partial charge on any atom is -0.474 e. The van der Waals surface area contributed by atoms with Crippen LogP contribution in [0.4, 0.5) is 5.82 Å². The molecule has 1 aliphatic carbocycles. The van der Waals surface area contributed by atoms with E-state index in [-0.39, 0.29) is 0 Å². The van der Waals surface area contributed by atoms with Crippen molar-refractivity contribution >= 4 is 5.82 Å². The Labute approximate surface area is 109 Å². The first-order chi connectivity index (χ1) is 8.81. The molecule has 0 atom stereocenters. The van der Waals surface area contributed by atoms with Gasteiger partial charge in [0.1, 0.15) is 17.7 Å². The molecule has 1 N–H and O–H groups in total. The highest BCUT2D eigenvalue weighted by molar-refractivity contribution is 5.38. The number of ether oxygens (including phenoxy) is 1. The number of aromatic nitrogens is 2. The molecule has 100 valence electrons. The summed E-state index contributed by atoms with van der Waals surface area (Å²) in [7, 11) is 0. The van der Waals surface area contributed by atoms with Gasteiger partial charge in [-0.25, -0.2) is 4.98 Å². The van der Waals surface area contributed by atoms with E-state index < -0.39 is 0 Å². The van der Waals surface area contributed by atoms with Gasteiger partial charge in [0, 0.05) is 19.0 Å². The maximum absolute atomic E-state index is 5.99. The molecule has 1 aromatic rings. The van der Waals surface area contributed by atoms with Crippen LogP contribution in [0.1, 0.15) is 51.8 Å². The highest BCUT2D eigenvalue weighted by Crippen LogP contribution is 2.23. The van der Waals surface area contributed by atoms with Gasteiger partial charge in [-0.05, 0) is 32.6 Å². The number of anilines is 1. The summed E-state index contributed by atoms with van der Waals surface area (Å²) in [6, 6.07) is 1.91. The van der Waals surface area contributed by atoms with Gasteiger partial charge >= 0.3 is 0 Å². The van der Waals surface area contributed by atoms with Crippen LogP contribution >= 0.6 is 0 Å². The molecule has 1 fully saturated rings. The van der Waals surface area contributed by atoms with Crippen LogP contribution in [0.15, 0.2) is 6.07 Å². The van der Waals surface area contributed by atoms with Gasteiger partial charge in [0.25, 0.3) is 0 Å².